The van der Waals surface area contributed by atoms with Gasteiger partial charge in [0.15, 0.2) is 0 Å². The van der Waals surface area contributed by atoms with Gasteiger partial charge in [-0.2, -0.15) is 0 Å². The van der Waals surface area contributed by atoms with Crippen LogP contribution in [0.25, 0.3) is 0 Å². The predicted octanol–water partition coefficient (Wildman–Crippen LogP) is 1.80. The van der Waals surface area contributed by atoms with Crippen LogP contribution in [0.1, 0.15) is 0 Å². The Labute approximate surface area is 104 Å². The number of halogens is 4. The number of aliphatic hydroxyl groups is 2. The second kappa shape index (κ2) is 8.68. The number of hydrogen-bond donors (Lipinski definition) is 2. The van der Waals surface area contributed by atoms with Crippen molar-refractivity contribution in [3.05, 3.63) is 0 Å². The van der Waals surface area contributed by atoms with E-state index in [1.807, 2.05) is 14.1 Å². The number of quaternary nitrogens is 1. The van der Waals surface area contributed by atoms with Crippen LogP contribution in [0, 0.1) is 0 Å². The molecule has 0 aromatic carbocycles. The predicted molar refractivity (Wildman–Crippen MR) is 59.4 cm³/mol. The molecule has 0 aliphatic heterocycles. The number of nitrogens with zero attached hydrogens (tertiary/aromatic N) is 1. The second-order valence-corrected chi connectivity index (χ2v) is 14.1. The van der Waals surface area contributed by atoms with Crippen molar-refractivity contribution in [2.75, 3.05) is 40.4 Å². The van der Waals surface area contributed by atoms with Crippen molar-refractivity contribution in [2.24, 2.45) is 0 Å². The molecule has 0 aromatic rings. The van der Waals surface area contributed by atoms with E-state index in [0.29, 0.717) is 17.6 Å². The molecule has 14 heavy (non-hydrogen) atoms. The molecule has 0 saturated heterocycles. The Morgan fingerprint density at radius 1 is 0.929 bits per heavy atom. The van der Waals surface area contributed by atoms with Crippen LogP contribution in [0.2, 0.25) is 0 Å². The van der Waals surface area contributed by atoms with Gasteiger partial charge in [-0.25, -0.2) is 0 Å². The van der Waals surface area contributed by atoms with Crippen LogP contribution in [-0.2, 0) is 9.20 Å². The van der Waals surface area contributed by atoms with Crippen LogP contribution in [-0.4, -0.2) is 55.1 Å². The SMILES string of the molecule is C[N+](C)(CCO)CCO.[Cl][Fe-]([Cl])([Cl])[Cl]. The molecule has 8 heteroatoms. The summed E-state index contributed by atoms with van der Waals surface area (Å²) in [6.45, 7) is 1.79. The summed E-state index contributed by atoms with van der Waals surface area (Å²) >= 11 is 0. The Morgan fingerprint density at radius 3 is 1.29 bits per heavy atom. The van der Waals surface area contributed by atoms with E-state index in [1.165, 1.54) is 0 Å². The van der Waals surface area contributed by atoms with Gasteiger partial charge in [0.25, 0.3) is 0 Å². The van der Waals surface area contributed by atoms with Gasteiger partial charge in [-0.15, -0.1) is 0 Å². The summed E-state index contributed by atoms with van der Waals surface area (Å²) in [4.78, 5) is 0. The second-order valence-electron chi connectivity index (χ2n) is 3.13. The topological polar surface area (TPSA) is 40.5 Å². The Kier molecular flexibility index (Phi) is 11.1. The average Bonchev–Trinajstić information content (AvgIpc) is 1.81. The van der Waals surface area contributed by atoms with Gasteiger partial charge in [-0.05, 0) is 0 Å². The fraction of sp³-hybridized carbons (Fsp3) is 1.00. The molecule has 0 rings (SSSR count). The van der Waals surface area contributed by atoms with Crippen LogP contribution < -0.4 is 0 Å². The van der Waals surface area contributed by atoms with E-state index in [2.05, 4.69) is 0 Å². The molecule has 0 spiro atoms. The molecule has 0 saturated carbocycles. The van der Waals surface area contributed by atoms with Crippen molar-refractivity contribution >= 4 is 40.4 Å². The summed E-state index contributed by atoms with van der Waals surface area (Å²) in [6, 6.07) is 0. The summed E-state index contributed by atoms with van der Waals surface area (Å²) in [7, 11) is 21.2. The number of aliphatic hydroxyl groups excluding tert-OH is 2. The molecular weight excluding hydrogens is 316 g/mol. The Morgan fingerprint density at radius 2 is 1.14 bits per heavy atom. The zero-order valence-corrected chi connectivity index (χ0v) is 12.2. The van der Waals surface area contributed by atoms with Gasteiger partial charge in [-0.3, -0.25) is 0 Å². The summed E-state index contributed by atoms with van der Waals surface area (Å²) < 4.78 is 0.688. The number of hydrogen-bond acceptors (Lipinski definition) is 2. The molecule has 3 nitrogen and oxygen atoms in total. The van der Waals surface area contributed by atoms with Crippen LogP contribution in [0.3, 0.4) is 0 Å². The minimum absolute atomic E-state index is 0.188. The van der Waals surface area contributed by atoms with Crippen molar-refractivity contribution in [1.29, 1.82) is 0 Å². The molecule has 0 radical (unpaired) electrons. The van der Waals surface area contributed by atoms with Crippen molar-refractivity contribution < 1.29 is 23.9 Å². The van der Waals surface area contributed by atoms with Crippen molar-refractivity contribution in [3.8, 4) is 0 Å². The van der Waals surface area contributed by atoms with Crippen LogP contribution in [0.5, 0.6) is 0 Å². The summed E-state index contributed by atoms with van der Waals surface area (Å²) in [6.07, 6.45) is 0. The van der Waals surface area contributed by atoms with Crippen molar-refractivity contribution in [2.45, 2.75) is 0 Å². The Balaban J connectivity index is 0. The van der Waals surface area contributed by atoms with E-state index in [0.717, 1.165) is 0 Å². The van der Waals surface area contributed by atoms with E-state index >= 15 is 0 Å². The molecular formula is C6H16Cl4FeNO2. The Bertz CT molecular complexity index is 128. The molecule has 0 heterocycles. The van der Waals surface area contributed by atoms with E-state index < -0.39 is 9.20 Å². The molecule has 93 valence electrons. The molecule has 0 unspecified atom stereocenters. The molecule has 0 aromatic heterocycles. The molecule has 0 amide bonds. The zero-order chi connectivity index (χ0) is 11.8. The summed E-state index contributed by atoms with van der Waals surface area (Å²) in [5.74, 6) is 0. The first-order valence-corrected chi connectivity index (χ1v) is 9.77. The van der Waals surface area contributed by atoms with Gasteiger partial charge in [0.1, 0.15) is 13.1 Å². The van der Waals surface area contributed by atoms with Crippen LogP contribution >= 0.6 is 40.4 Å². The molecule has 0 fully saturated rings. The fourth-order valence-corrected chi connectivity index (χ4v) is 0.653. The van der Waals surface area contributed by atoms with Gasteiger partial charge in [0.05, 0.1) is 27.3 Å². The molecule has 0 aliphatic rings. The first kappa shape index (κ1) is 17.9. The Hall–Kier alpha value is 1.56. The summed E-state index contributed by atoms with van der Waals surface area (Å²) in [5, 5.41) is 17.1. The first-order chi connectivity index (χ1) is 6.12. The zero-order valence-electron chi connectivity index (χ0n) is 8.04. The van der Waals surface area contributed by atoms with Crippen molar-refractivity contribution in [3.63, 3.8) is 0 Å². The number of likely N-dealkylation sites (N-methyl/N-ethyl adjacent to an activating group) is 1. The molecule has 0 aliphatic carbocycles. The third-order valence-corrected chi connectivity index (χ3v) is 1.41. The van der Waals surface area contributed by atoms with E-state index in [-0.39, 0.29) is 13.2 Å². The van der Waals surface area contributed by atoms with Gasteiger partial charge in [0.2, 0.25) is 0 Å². The van der Waals surface area contributed by atoms with Crippen molar-refractivity contribution in [1.82, 2.24) is 0 Å². The minimum atomic E-state index is -2.61. The number of rotatable bonds is 4. The van der Waals surface area contributed by atoms with Gasteiger partial charge in [0, 0.05) is 0 Å². The van der Waals surface area contributed by atoms with E-state index in [9.17, 15) is 0 Å². The first-order valence-electron chi connectivity index (χ1n) is 3.69. The normalized spacial score (nSPS) is 13.1. The van der Waals surface area contributed by atoms with Gasteiger partial charge in [-0.1, -0.05) is 0 Å². The van der Waals surface area contributed by atoms with E-state index in [4.69, 9.17) is 50.6 Å². The third-order valence-electron chi connectivity index (χ3n) is 1.41. The summed E-state index contributed by atoms with van der Waals surface area (Å²) in [5.41, 5.74) is 0. The van der Waals surface area contributed by atoms with Gasteiger partial charge < -0.3 is 14.7 Å². The fourth-order valence-electron chi connectivity index (χ4n) is 0.653. The molecule has 2 N–H and O–H groups in total. The van der Waals surface area contributed by atoms with E-state index in [1.54, 1.807) is 0 Å². The maximum atomic E-state index is 8.53. The van der Waals surface area contributed by atoms with Crippen LogP contribution in [0.15, 0.2) is 0 Å². The standard InChI is InChI=1S/C6H16NO2.4ClH.Fe/c1-7(2,3-5-8)4-6-9;;;;;/h8-9H,3-6H2,1-2H3;4*1H;/q+1;;;;;+3/p-4. The monoisotopic (exact) mass is 330 g/mol. The maximum absolute atomic E-state index is 8.53. The van der Waals surface area contributed by atoms with Crippen LogP contribution in [0.4, 0.5) is 0 Å². The van der Waals surface area contributed by atoms with Gasteiger partial charge >= 0.3 is 49.6 Å². The third kappa shape index (κ3) is 23.4. The molecule has 0 bridgehead atoms. The average molecular weight is 332 g/mol. The molecule has 0 atom stereocenters. The quantitative estimate of drug-likeness (QED) is 0.609.